The van der Waals surface area contributed by atoms with E-state index < -0.39 is 0 Å². The lowest BCUT2D eigenvalue weighted by Gasteiger charge is -2.29. The maximum absolute atomic E-state index is 11.9. The van der Waals surface area contributed by atoms with Gasteiger partial charge in [-0.05, 0) is 50.0 Å². The number of thiophene rings is 1. The molecule has 0 bridgehead atoms. The van der Waals surface area contributed by atoms with E-state index in [4.69, 9.17) is 5.73 Å². The average Bonchev–Trinajstić information content (AvgIpc) is 3.09. The number of nitrogens with one attached hydrogen (secondary N) is 1. The fourth-order valence-electron chi connectivity index (χ4n) is 2.30. The summed E-state index contributed by atoms with van der Waals surface area (Å²) in [4.78, 5) is 13.3. The van der Waals surface area contributed by atoms with E-state index in [2.05, 4.69) is 29.8 Å². The van der Waals surface area contributed by atoms with Crippen LogP contribution >= 0.6 is 11.3 Å². The maximum Gasteiger partial charge on any atom is 0.220 e. The first kappa shape index (κ1) is 13.6. The zero-order valence-corrected chi connectivity index (χ0v) is 11.8. The quantitative estimate of drug-likeness (QED) is 0.795. The molecule has 2 rings (SSSR count). The summed E-state index contributed by atoms with van der Waals surface area (Å²) in [6.45, 7) is 2.61. The third-order valence-electron chi connectivity index (χ3n) is 3.73. The second-order valence-electron chi connectivity index (χ2n) is 5.38. The van der Waals surface area contributed by atoms with Crippen LogP contribution < -0.4 is 11.1 Å². The van der Waals surface area contributed by atoms with Gasteiger partial charge in [0.2, 0.25) is 5.91 Å². The summed E-state index contributed by atoms with van der Waals surface area (Å²) in [6, 6.07) is 4.18. The van der Waals surface area contributed by atoms with E-state index in [-0.39, 0.29) is 11.4 Å². The van der Waals surface area contributed by atoms with Crippen LogP contribution in [0.25, 0.3) is 0 Å². The number of rotatable bonds is 7. The molecule has 0 aliphatic heterocycles. The molecule has 0 saturated heterocycles. The fourth-order valence-corrected chi connectivity index (χ4v) is 3.05. The van der Waals surface area contributed by atoms with Gasteiger partial charge in [0.05, 0.1) is 5.54 Å². The Labute approximate surface area is 113 Å². The van der Waals surface area contributed by atoms with E-state index in [1.807, 2.05) is 0 Å². The smallest absolute Gasteiger partial charge is 0.220 e. The first-order valence-corrected chi connectivity index (χ1v) is 7.55. The molecule has 1 aromatic rings. The van der Waals surface area contributed by atoms with Crippen molar-refractivity contribution in [3.05, 3.63) is 22.4 Å². The van der Waals surface area contributed by atoms with Gasteiger partial charge in [0, 0.05) is 17.8 Å². The highest BCUT2D eigenvalue weighted by molar-refractivity contribution is 7.09. The number of hydrogen-bond donors (Lipinski definition) is 2. The van der Waals surface area contributed by atoms with Crippen LogP contribution in [0, 0.1) is 5.92 Å². The van der Waals surface area contributed by atoms with Gasteiger partial charge in [0.25, 0.3) is 0 Å². The first-order chi connectivity index (χ1) is 8.64. The second kappa shape index (κ2) is 5.85. The highest BCUT2D eigenvalue weighted by Gasteiger charge is 2.41. The minimum Gasteiger partial charge on any atom is -0.349 e. The molecule has 1 saturated carbocycles. The fraction of sp³-hybridized carbons (Fsp3) is 0.643. The van der Waals surface area contributed by atoms with E-state index in [1.165, 1.54) is 17.7 Å². The Kier molecular flexibility index (Phi) is 4.40. The normalized spacial score (nSPS) is 18.3. The number of hydrogen-bond acceptors (Lipinski definition) is 3. The molecule has 3 N–H and O–H groups in total. The molecule has 4 heteroatoms. The predicted octanol–water partition coefficient (Wildman–Crippen LogP) is 2.31. The summed E-state index contributed by atoms with van der Waals surface area (Å²) in [5, 5.41) is 5.20. The van der Waals surface area contributed by atoms with Crippen LogP contribution in [0.1, 0.15) is 37.5 Å². The minimum atomic E-state index is -0.181. The van der Waals surface area contributed by atoms with Gasteiger partial charge in [-0.15, -0.1) is 11.3 Å². The highest BCUT2D eigenvalue weighted by Crippen LogP contribution is 2.39. The molecule has 3 nitrogen and oxygen atoms in total. The van der Waals surface area contributed by atoms with E-state index in [0.29, 0.717) is 18.9 Å². The Balaban J connectivity index is 1.71. The first-order valence-electron chi connectivity index (χ1n) is 6.67. The average molecular weight is 266 g/mol. The third-order valence-corrected chi connectivity index (χ3v) is 4.67. The van der Waals surface area contributed by atoms with Gasteiger partial charge >= 0.3 is 0 Å². The predicted molar refractivity (Wildman–Crippen MR) is 75.6 cm³/mol. The topological polar surface area (TPSA) is 55.1 Å². The number of amides is 1. The summed E-state index contributed by atoms with van der Waals surface area (Å²) in [5.74, 6) is 0.732. The molecule has 1 aliphatic carbocycles. The van der Waals surface area contributed by atoms with Crippen molar-refractivity contribution in [1.29, 1.82) is 0 Å². The lowest BCUT2D eigenvalue weighted by molar-refractivity contribution is -0.123. The van der Waals surface area contributed by atoms with Crippen molar-refractivity contribution in [2.24, 2.45) is 11.7 Å². The Bertz CT molecular complexity index is 387. The molecule has 1 unspecified atom stereocenters. The largest absolute Gasteiger partial charge is 0.349 e. The third kappa shape index (κ3) is 3.56. The summed E-state index contributed by atoms with van der Waals surface area (Å²) in [5.41, 5.74) is 5.61. The van der Waals surface area contributed by atoms with Gasteiger partial charge in [0.1, 0.15) is 0 Å². The molecular weight excluding hydrogens is 244 g/mol. The SMILES string of the molecule is CC(CN)(NC(=O)CCCc1cccs1)C1CC1. The molecule has 18 heavy (non-hydrogen) atoms. The molecule has 1 aliphatic rings. The van der Waals surface area contributed by atoms with Crippen LogP contribution in [0.3, 0.4) is 0 Å². The van der Waals surface area contributed by atoms with Crippen LogP contribution in [0.2, 0.25) is 0 Å². The molecule has 0 aromatic carbocycles. The summed E-state index contributed by atoms with van der Waals surface area (Å²) < 4.78 is 0. The van der Waals surface area contributed by atoms with E-state index in [1.54, 1.807) is 11.3 Å². The molecule has 1 fully saturated rings. The van der Waals surface area contributed by atoms with Crippen molar-refractivity contribution in [2.75, 3.05) is 6.54 Å². The zero-order chi connectivity index (χ0) is 13.0. The van der Waals surface area contributed by atoms with Crippen molar-refractivity contribution >= 4 is 17.2 Å². The molecule has 1 heterocycles. The maximum atomic E-state index is 11.9. The van der Waals surface area contributed by atoms with E-state index >= 15 is 0 Å². The van der Waals surface area contributed by atoms with Gasteiger partial charge in [0.15, 0.2) is 0 Å². The number of carbonyl (C=O) groups excluding carboxylic acids is 1. The molecule has 1 atom stereocenters. The van der Waals surface area contributed by atoms with Crippen molar-refractivity contribution < 1.29 is 4.79 Å². The van der Waals surface area contributed by atoms with E-state index in [9.17, 15) is 4.79 Å². The molecule has 0 spiro atoms. The zero-order valence-electron chi connectivity index (χ0n) is 10.9. The monoisotopic (exact) mass is 266 g/mol. The summed E-state index contributed by atoms with van der Waals surface area (Å²) >= 11 is 1.76. The molecule has 1 aromatic heterocycles. The van der Waals surface area contributed by atoms with Gasteiger partial charge < -0.3 is 11.1 Å². The van der Waals surface area contributed by atoms with Crippen molar-refractivity contribution in [2.45, 2.75) is 44.6 Å². The second-order valence-corrected chi connectivity index (χ2v) is 6.41. The Hall–Kier alpha value is -0.870. The minimum absolute atomic E-state index is 0.145. The molecule has 100 valence electrons. The lowest BCUT2D eigenvalue weighted by Crippen LogP contribution is -2.53. The van der Waals surface area contributed by atoms with Gasteiger partial charge in [-0.1, -0.05) is 6.07 Å². The van der Waals surface area contributed by atoms with Crippen LogP contribution in [0.15, 0.2) is 17.5 Å². The van der Waals surface area contributed by atoms with Gasteiger partial charge in [-0.2, -0.15) is 0 Å². The van der Waals surface area contributed by atoms with Gasteiger partial charge in [-0.3, -0.25) is 4.79 Å². The highest BCUT2D eigenvalue weighted by atomic mass is 32.1. The van der Waals surface area contributed by atoms with Crippen molar-refractivity contribution in [3.8, 4) is 0 Å². The Morgan fingerprint density at radius 1 is 1.61 bits per heavy atom. The Morgan fingerprint density at radius 2 is 2.39 bits per heavy atom. The number of nitrogens with two attached hydrogens (primary N) is 1. The van der Waals surface area contributed by atoms with Crippen LogP contribution in [-0.4, -0.2) is 18.0 Å². The Morgan fingerprint density at radius 3 is 2.94 bits per heavy atom. The van der Waals surface area contributed by atoms with Crippen molar-refractivity contribution in [3.63, 3.8) is 0 Å². The van der Waals surface area contributed by atoms with Gasteiger partial charge in [-0.25, -0.2) is 0 Å². The number of aryl methyl sites for hydroxylation is 1. The lowest BCUT2D eigenvalue weighted by atomic mass is 9.95. The number of carbonyl (C=O) groups is 1. The molecular formula is C14H22N2OS. The van der Waals surface area contributed by atoms with Crippen LogP contribution in [-0.2, 0) is 11.2 Å². The molecule has 0 radical (unpaired) electrons. The van der Waals surface area contributed by atoms with Crippen LogP contribution in [0.4, 0.5) is 0 Å². The molecule has 1 amide bonds. The van der Waals surface area contributed by atoms with Crippen LogP contribution in [0.5, 0.6) is 0 Å². The van der Waals surface area contributed by atoms with E-state index in [0.717, 1.165) is 12.8 Å². The van der Waals surface area contributed by atoms with Crippen molar-refractivity contribution in [1.82, 2.24) is 5.32 Å². The summed E-state index contributed by atoms with van der Waals surface area (Å²) in [7, 11) is 0. The summed E-state index contributed by atoms with van der Waals surface area (Å²) in [6.07, 6.45) is 4.90. The standard InChI is InChI=1S/C14H22N2OS/c1-14(10-15,11-7-8-11)16-13(17)6-2-4-12-5-3-9-18-12/h3,5,9,11H,2,4,6-8,10,15H2,1H3,(H,16,17).